The van der Waals surface area contributed by atoms with Gasteiger partial charge in [-0.2, -0.15) is 0 Å². The fraction of sp³-hybridized carbons (Fsp3) is 0.462. The lowest BCUT2D eigenvalue weighted by Gasteiger charge is -2.31. The number of hydrogen-bond acceptors (Lipinski definition) is 3. The number of benzene rings is 1. The molecule has 104 valence electrons. The van der Waals surface area contributed by atoms with Crippen LogP contribution in [-0.4, -0.2) is 43.2 Å². The van der Waals surface area contributed by atoms with Gasteiger partial charge in [-0.1, -0.05) is 11.6 Å². The first-order valence-corrected chi connectivity index (χ1v) is 6.53. The highest BCUT2D eigenvalue weighted by molar-refractivity contribution is 6.30. The number of halogens is 2. The van der Waals surface area contributed by atoms with Crippen LogP contribution in [0.25, 0.3) is 0 Å². The Hall–Kier alpha value is -1.17. The Bertz CT molecular complexity index is 464. The molecule has 1 heterocycles. The largest absolute Gasteiger partial charge is 0.379 e. The SMILES string of the molecule is C[C@H](C(=O)Nc1ccc(Cl)cc1F)N1CCOCC1. The van der Waals surface area contributed by atoms with Crippen molar-refractivity contribution in [2.45, 2.75) is 13.0 Å². The second-order valence-corrected chi connectivity index (χ2v) is 4.87. The summed E-state index contributed by atoms with van der Waals surface area (Å²) in [5.74, 6) is -0.766. The van der Waals surface area contributed by atoms with E-state index in [1.165, 1.54) is 12.1 Å². The van der Waals surface area contributed by atoms with Crippen molar-refractivity contribution in [1.82, 2.24) is 4.90 Å². The van der Waals surface area contributed by atoms with Crippen molar-refractivity contribution in [1.29, 1.82) is 0 Å². The number of ether oxygens (including phenoxy) is 1. The van der Waals surface area contributed by atoms with E-state index in [2.05, 4.69) is 5.32 Å². The van der Waals surface area contributed by atoms with Crippen LogP contribution in [-0.2, 0) is 9.53 Å². The van der Waals surface area contributed by atoms with Gasteiger partial charge in [-0.25, -0.2) is 4.39 Å². The predicted molar refractivity (Wildman–Crippen MR) is 71.9 cm³/mol. The highest BCUT2D eigenvalue weighted by Crippen LogP contribution is 2.19. The van der Waals surface area contributed by atoms with Crippen molar-refractivity contribution in [2.24, 2.45) is 0 Å². The number of anilines is 1. The van der Waals surface area contributed by atoms with E-state index in [4.69, 9.17) is 16.3 Å². The lowest BCUT2D eigenvalue weighted by molar-refractivity contribution is -0.122. The number of amides is 1. The maximum atomic E-state index is 13.6. The van der Waals surface area contributed by atoms with E-state index in [0.717, 1.165) is 0 Å². The Morgan fingerprint density at radius 3 is 2.79 bits per heavy atom. The van der Waals surface area contributed by atoms with E-state index in [1.807, 2.05) is 4.90 Å². The van der Waals surface area contributed by atoms with Crippen LogP contribution in [0.4, 0.5) is 10.1 Å². The van der Waals surface area contributed by atoms with Crippen LogP contribution in [0.5, 0.6) is 0 Å². The van der Waals surface area contributed by atoms with Crippen molar-refractivity contribution in [3.8, 4) is 0 Å². The Morgan fingerprint density at radius 2 is 2.16 bits per heavy atom. The van der Waals surface area contributed by atoms with Crippen molar-refractivity contribution >= 4 is 23.2 Å². The lowest BCUT2D eigenvalue weighted by atomic mass is 10.2. The van der Waals surface area contributed by atoms with Gasteiger partial charge in [0.2, 0.25) is 5.91 Å². The summed E-state index contributed by atoms with van der Waals surface area (Å²) in [6, 6.07) is 3.86. The van der Waals surface area contributed by atoms with E-state index in [-0.39, 0.29) is 17.6 Å². The highest BCUT2D eigenvalue weighted by Gasteiger charge is 2.23. The smallest absolute Gasteiger partial charge is 0.241 e. The number of morpholine rings is 1. The molecule has 1 atom stereocenters. The molecule has 0 radical (unpaired) electrons. The first-order valence-electron chi connectivity index (χ1n) is 6.15. The van der Waals surface area contributed by atoms with Gasteiger partial charge < -0.3 is 10.1 Å². The van der Waals surface area contributed by atoms with Crippen LogP contribution in [0.1, 0.15) is 6.92 Å². The number of carbonyl (C=O) groups is 1. The number of hydrogen-bond donors (Lipinski definition) is 1. The fourth-order valence-electron chi connectivity index (χ4n) is 1.96. The van der Waals surface area contributed by atoms with Crippen LogP contribution < -0.4 is 5.32 Å². The zero-order valence-electron chi connectivity index (χ0n) is 10.7. The Labute approximate surface area is 116 Å². The third kappa shape index (κ3) is 3.65. The molecule has 0 bridgehead atoms. The summed E-state index contributed by atoms with van der Waals surface area (Å²) in [4.78, 5) is 14.1. The van der Waals surface area contributed by atoms with Crippen LogP contribution in [0.15, 0.2) is 18.2 Å². The second kappa shape index (κ2) is 6.32. The number of rotatable bonds is 3. The highest BCUT2D eigenvalue weighted by atomic mass is 35.5. The van der Waals surface area contributed by atoms with Crippen LogP contribution in [0.2, 0.25) is 5.02 Å². The molecule has 19 heavy (non-hydrogen) atoms. The number of nitrogens with one attached hydrogen (secondary N) is 1. The van der Waals surface area contributed by atoms with E-state index in [1.54, 1.807) is 13.0 Å². The lowest BCUT2D eigenvalue weighted by Crippen LogP contribution is -2.47. The zero-order chi connectivity index (χ0) is 13.8. The average Bonchev–Trinajstić information content (AvgIpc) is 2.42. The van der Waals surface area contributed by atoms with E-state index in [9.17, 15) is 9.18 Å². The Morgan fingerprint density at radius 1 is 1.47 bits per heavy atom. The average molecular weight is 287 g/mol. The molecule has 0 aromatic heterocycles. The monoisotopic (exact) mass is 286 g/mol. The van der Waals surface area contributed by atoms with E-state index >= 15 is 0 Å². The summed E-state index contributed by atoms with van der Waals surface area (Å²) >= 11 is 5.66. The molecule has 0 saturated carbocycles. The third-order valence-corrected chi connectivity index (χ3v) is 3.40. The molecule has 2 rings (SSSR count). The normalized spacial score (nSPS) is 18.1. The molecule has 0 aliphatic carbocycles. The topological polar surface area (TPSA) is 41.6 Å². The predicted octanol–water partition coefficient (Wildman–Crippen LogP) is 2.14. The van der Waals surface area contributed by atoms with Gasteiger partial charge in [0.05, 0.1) is 24.9 Å². The summed E-state index contributed by atoms with van der Waals surface area (Å²) in [7, 11) is 0. The van der Waals surface area contributed by atoms with Crippen LogP contribution >= 0.6 is 11.6 Å². The maximum Gasteiger partial charge on any atom is 0.241 e. The van der Waals surface area contributed by atoms with Crippen molar-refractivity contribution in [3.05, 3.63) is 29.0 Å². The molecule has 1 saturated heterocycles. The summed E-state index contributed by atoms with van der Waals surface area (Å²) in [6.07, 6.45) is 0. The molecule has 1 fully saturated rings. The second-order valence-electron chi connectivity index (χ2n) is 4.44. The Balaban J connectivity index is 1.99. The molecule has 1 amide bonds. The minimum absolute atomic E-state index is 0.148. The molecule has 1 aromatic carbocycles. The van der Waals surface area contributed by atoms with E-state index < -0.39 is 5.82 Å². The quantitative estimate of drug-likeness (QED) is 0.926. The summed E-state index contributed by atoms with van der Waals surface area (Å²) in [6.45, 7) is 4.45. The van der Waals surface area contributed by atoms with Crippen molar-refractivity contribution < 1.29 is 13.9 Å². The molecule has 0 spiro atoms. The Kier molecular flexibility index (Phi) is 4.74. The van der Waals surface area contributed by atoms with Gasteiger partial charge in [-0.15, -0.1) is 0 Å². The maximum absolute atomic E-state index is 13.6. The minimum atomic E-state index is -0.532. The first kappa shape index (κ1) is 14.2. The van der Waals surface area contributed by atoms with Gasteiger partial charge >= 0.3 is 0 Å². The van der Waals surface area contributed by atoms with Gasteiger partial charge in [-0.05, 0) is 25.1 Å². The third-order valence-electron chi connectivity index (χ3n) is 3.16. The molecule has 1 aliphatic heterocycles. The number of nitrogens with zero attached hydrogens (tertiary/aromatic N) is 1. The van der Waals surface area contributed by atoms with Gasteiger partial charge in [0.1, 0.15) is 5.82 Å². The molecular weight excluding hydrogens is 271 g/mol. The summed E-state index contributed by atoms with van der Waals surface area (Å²) in [5.41, 5.74) is 0.148. The van der Waals surface area contributed by atoms with Gasteiger partial charge in [-0.3, -0.25) is 9.69 Å². The van der Waals surface area contributed by atoms with Crippen molar-refractivity contribution in [3.63, 3.8) is 0 Å². The molecule has 0 unspecified atom stereocenters. The molecule has 6 heteroatoms. The van der Waals surface area contributed by atoms with Crippen LogP contribution in [0.3, 0.4) is 0 Å². The van der Waals surface area contributed by atoms with Gasteiger partial charge in [0, 0.05) is 18.1 Å². The zero-order valence-corrected chi connectivity index (χ0v) is 11.4. The molecular formula is C13H16ClFN2O2. The number of carbonyl (C=O) groups excluding carboxylic acids is 1. The van der Waals surface area contributed by atoms with Gasteiger partial charge in [0.25, 0.3) is 0 Å². The molecule has 1 aromatic rings. The van der Waals surface area contributed by atoms with E-state index in [0.29, 0.717) is 31.3 Å². The molecule has 1 aliphatic rings. The molecule has 1 N–H and O–H groups in total. The fourth-order valence-corrected chi connectivity index (χ4v) is 2.12. The summed E-state index contributed by atoms with van der Waals surface area (Å²) in [5, 5.41) is 2.88. The standard InChI is InChI=1S/C13H16ClFN2O2/c1-9(17-4-6-19-7-5-17)13(18)16-12-3-2-10(14)8-11(12)15/h2-3,8-9H,4-7H2,1H3,(H,16,18)/t9-/m1/s1. The van der Waals surface area contributed by atoms with Crippen LogP contribution in [0, 0.1) is 5.82 Å². The molecule has 4 nitrogen and oxygen atoms in total. The first-order chi connectivity index (χ1) is 9.08. The summed E-state index contributed by atoms with van der Waals surface area (Å²) < 4.78 is 18.8. The van der Waals surface area contributed by atoms with Crippen molar-refractivity contribution in [2.75, 3.05) is 31.6 Å². The minimum Gasteiger partial charge on any atom is -0.379 e. The van der Waals surface area contributed by atoms with Gasteiger partial charge in [0.15, 0.2) is 0 Å².